The van der Waals surface area contributed by atoms with Gasteiger partial charge in [-0.1, -0.05) is 6.07 Å². The lowest BCUT2D eigenvalue weighted by Crippen LogP contribution is -2.42. The molecule has 110 valence electrons. The maximum Gasteiger partial charge on any atom is 0.328 e. The second-order valence-electron chi connectivity index (χ2n) is 5.69. The van der Waals surface area contributed by atoms with E-state index in [0.29, 0.717) is 5.56 Å². The van der Waals surface area contributed by atoms with E-state index in [0.717, 1.165) is 6.07 Å². The highest BCUT2D eigenvalue weighted by Gasteiger charge is 2.23. The first-order valence-corrected chi connectivity index (χ1v) is 6.40. The quantitative estimate of drug-likeness (QED) is 0.866. The molecule has 0 aliphatic heterocycles. The largest absolute Gasteiger partial charge is 0.458 e. The minimum Gasteiger partial charge on any atom is -0.458 e. The molecule has 0 saturated heterocycles. The maximum absolute atomic E-state index is 13.2. The van der Waals surface area contributed by atoms with Gasteiger partial charge in [0, 0.05) is 5.56 Å². The lowest BCUT2D eigenvalue weighted by molar-refractivity contribution is -0.156. The summed E-state index contributed by atoms with van der Waals surface area (Å²) in [5.74, 6) is -1.52. The SMILES string of the molecule is Cc1ccc(F)cc1C(=O)N[C@H](C)C(=O)OC(C)(C)C. The third kappa shape index (κ3) is 4.64. The van der Waals surface area contributed by atoms with E-state index in [1.807, 2.05) is 0 Å². The highest BCUT2D eigenvalue weighted by Crippen LogP contribution is 2.12. The topological polar surface area (TPSA) is 55.4 Å². The van der Waals surface area contributed by atoms with Gasteiger partial charge in [0.1, 0.15) is 17.5 Å². The number of nitrogens with one attached hydrogen (secondary N) is 1. The van der Waals surface area contributed by atoms with Crippen LogP contribution in [-0.2, 0) is 9.53 Å². The molecule has 1 atom stereocenters. The van der Waals surface area contributed by atoms with Gasteiger partial charge in [-0.3, -0.25) is 4.79 Å². The Kier molecular flexibility index (Phi) is 4.87. The molecule has 0 radical (unpaired) electrons. The lowest BCUT2D eigenvalue weighted by Gasteiger charge is -2.22. The Morgan fingerprint density at radius 3 is 2.45 bits per heavy atom. The summed E-state index contributed by atoms with van der Waals surface area (Å²) in [4.78, 5) is 23.8. The van der Waals surface area contributed by atoms with Crippen LogP contribution in [0.5, 0.6) is 0 Å². The summed E-state index contributed by atoms with van der Waals surface area (Å²) in [7, 11) is 0. The molecule has 1 rings (SSSR count). The molecule has 1 amide bonds. The van der Waals surface area contributed by atoms with Crippen LogP contribution in [0.4, 0.5) is 4.39 Å². The van der Waals surface area contributed by atoms with Crippen LogP contribution >= 0.6 is 0 Å². The number of ether oxygens (including phenoxy) is 1. The second-order valence-corrected chi connectivity index (χ2v) is 5.69. The van der Waals surface area contributed by atoms with Crippen molar-refractivity contribution in [2.45, 2.75) is 46.3 Å². The van der Waals surface area contributed by atoms with Gasteiger partial charge >= 0.3 is 5.97 Å². The van der Waals surface area contributed by atoms with Crippen LogP contribution in [-0.4, -0.2) is 23.5 Å². The van der Waals surface area contributed by atoms with Crippen molar-refractivity contribution in [2.75, 3.05) is 0 Å². The number of rotatable bonds is 3. The molecule has 1 aromatic rings. The first-order valence-electron chi connectivity index (χ1n) is 6.40. The van der Waals surface area contributed by atoms with Crippen LogP contribution in [0.3, 0.4) is 0 Å². The fourth-order valence-electron chi connectivity index (χ4n) is 1.56. The third-order valence-electron chi connectivity index (χ3n) is 2.55. The average molecular weight is 281 g/mol. The van der Waals surface area contributed by atoms with Crippen molar-refractivity contribution in [1.82, 2.24) is 5.32 Å². The van der Waals surface area contributed by atoms with Crippen molar-refractivity contribution < 1.29 is 18.7 Å². The van der Waals surface area contributed by atoms with Crippen LogP contribution in [0, 0.1) is 12.7 Å². The summed E-state index contributed by atoms with van der Waals surface area (Å²) in [6, 6.07) is 3.14. The average Bonchev–Trinajstić information content (AvgIpc) is 2.29. The molecular formula is C15H20FNO3. The summed E-state index contributed by atoms with van der Waals surface area (Å²) >= 11 is 0. The van der Waals surface area contributed by atoms with E-state index in [2.05, 4.69) is 5.32 Å². The fourth-order valence-corrected chi connectivity index (χ4v) is 1.56. The van der Waals surface area contributed by atoms with E-state index in [1.54, 1.807) is 27.7 Å². The Labute approximate surface area is 118 Å². The number of hydrogen-bond donors (Lipinski definition) is 1. The van der Waals surface area contributed by atoms with E-state index in [4.69, 9.17) is 4.74 Å². The van der Waals surface area contributed by atoms with Crippen LogP contribution in [0.15, 0.2) is 18.2 Å². The molecule has 20 heavy (non-hydrogen) atoms. The predicted molar refractivity (Wildman–Crippen MR) is 73.9 cm³/mol. The van der Waals surface area contributed by atoms with Crippen LogP contribution in [0.1, 0.15) is 43.6 Å². The number of amides is 1. The van der Waals surface area contributed by atoms with Crippen molar-refractivity contribution in [3.63, 3.8) is 0 Å². The first kappa shape index (κ1) is 16.1. The molecule has 5 heteroatoms. The zero-order valence-corrected chi connectivity index (χ0v) is 12.4. The van der Waals surface area contributed by atoms with E-state index in [9.17, 15) is 14.0 Å². The fraction of sp³-hybridized carbons (Fsp3) is 0.467. The van der Waals surface area contributed by atoms with Gasteiger partial charge in [-0.05, 0) is 52.3 Å². The summed E-state index contributed by atoms with van der Waals surface area (Å²) in [6.45, 7) is 8.47. The highest BCUT2D eigenvalue weighted by molar-refractivity contribution is 5.97. The molecule has 0 aliphatic carbocycles. The predicted octanol–water partition coefficient (Wildman–Crippen LogP) is 2.59. The van der Waals surface area contributed by atoms with Crippen molar-refractivity contribution in [1.29, 1.82) is 0 Å². The van der Waals surface area contributed by atoms with Gasteiger partial charge in [-0.25, -0.2) is 9.18 Å². The smallest absolute Gasteiger partial charge is 0.328 e. The van der Waals surface area contributed by atoms with Crippen LogP contribution < -0.4 is 5.32 Å². The molecule has 0 heterocycles. The van der Waals surface area contributed by atoms with Crippen LogP contribution in [0.2, 0.25) is 0 Å². The van der Waals surface area contributed by atoms with E-state index < -0.39 is 29.3 Å². The van der Waals surface area contributed by atoms with Crippen molar-refractivity contribution in [2.24, 2.45) is 0 Å². The summed E-state index contributed by atoms with van der Waals surface area (Å²) < 4.78 is 18.3. The number of benzene rings is 1. The standard InChI is InChI=1S/C15H20FNO3/c1-9-6-7-11(16)8-12(9)13(18)17-10(2)14(19)20-15(3,4)5/h6-8,10H,1-5H3,(H,17,18)/t10-/m1/s1. The van der Waals surface area contributed by atoms with Crippen molar-refractivity contribution in [3.05, 3.63) is 35.1 Å². The van der Waals surface area contributed by atoms with Gasteiger partial charge in [-0.15, -0.1) is 0 Å². The molecule has 1 aromatic carbocycles. The number of esters is 1. The van der Waals surface area contributed by atoms with Gasteiger partial charge in [0.25, 0.3) is 5.91 Å². The minimum absolute atomic E-state index is 0.209. The highest BCUT2D eigenvalue weighted by atomic mass is 19.1. The van der Waals surface area contributed by atoms with E-state index in [1.165, 1.54) is 19.1 Å². The van der Waals surface area contributed by atoms with Crippen molar-refractivity contribution >= 4 is 11.9 Å². The monoisotopic (exact) mass is 281 g/mol. The molecule has 0 fully saturated rings. The molecule has 4 nitrogen and oxygen atoms in total. The van der Waals surface area contributed by atoms with Gasteiger partial charge < -0.3 is 10.1 Å². The Morgan fingerprint density at radius 1 is 1.30 bits per heavy atom. The Morgan fingerprint density at radius 2 is 1.90 bits per heavy atom. The van der Waals surface area contributed by atoms with Gasteiger partial charge in [0.15, 0.2) is 0 Å². The lowest BCUT2D eigenvalue weighted by atomic mass is 10.1. The normalized spacial score (nSPS) is 12.7. The molecule has 0 bridgehead atoms. The van der Waals surface area contributed by atoms with Gasteiger partial charge in [-0.2, -0.15) is 0 Å². The molecule has 0 spiro atoms. The van der Waals surface area contributed by atoms with Crippen molar-refractivity contribution in [3.8, 4) is 0 Å². The number of carbonyl (C=O) groups excluding carboxylic acids is 2. The molecule has 0 saturated carbocycles. The van der Waals surface area contributed by atoms with E-state index >= 15 is 0 Å². The second kappa shape index (κ2) is 6.03. The summed E-state index contributed by atoms with van der Waals surface area (Å²) in [5, 5.41) is 2.51. The zero-order chi connectivity index (χ0) is 15.5. The van der Waals surface area contributed by atoms with Crippen LogP contribution in [0.25, 0.3) is 0 Å². The number of hydrogen-bond acceptors (Lipinski definition) is 3. The third-order valence-corrected chi connectivity index (χ3v) is 2.55. The Bertz CT molecular complexity index is 520. The van der Waals surface area contributed by atoms with Gasteiger partial charge in [0.05, 0.1) is 0 Å². The van der Waals surface area contributed by atoms with Gasteiger partial charge in [0.2, 0.25) is 0 Å². The maximum atomic E-state index is 13.2. The number of aryl methyl sites for hydroxylation is 1. The summed E-state index contributed by atoms with van der Waals surface area (Å²) in [5.41, 5.74) is 0.228. The number of halogens is 1. The molecule has 1 N–H and O–H groups in total. The van der Waals surface area contributed by atoms with E-state index in [-0.39, 0.29) is 5.56 Å². The first-order chi connectivity index (χ1) is 9.10. The molecule has 0 aliphatic rings. The summed E-state index contributed by atoms with van der Waals surface area (Å²) in [6.07, 6.45) is 0. The molecular weight excluding hydrogens is 261 g/mol. The Hall–Kier alpha value is -1.91. The number of carbonyl (C=O) groups is 2. The minimum atomic E-state index is -0.801. The molecule has 0 unspecified atom stereocenters. The molecule has 0 aromatic heterocycles. The zero-order valence-electron chi connectivity index (χ0n) is 12.4. The Balaban J connectivity index is 2.75.